The Morgan fingerprint density at radius 1 is 1.18 bits per heavy atom. The second-order valence-corrected chi connectivity index (χ2v) is 12.0. The fraction of sp³-hybridized carbons (Fsp3) is 0.419. The molecule has 0 aliphatic carbocycles. The van der Waals surface area contributed by atoms with Gasteiger partial charge in [0, 0.05) is 38.8 Å². The van der Waals surface area contributed by atoms with Crippen molar-refractivity contribution in [2.75, 3.05) is 6.54 Å². The first-order valence-electron chi connectivity index (χ1n) is 13.3. The normalized spacial score (nSPS) is 16.4. The minimum absolute atomic E-state index is 0.378. The van der Waals surface area contributed by atoms with E-state index in [-0.39, 0.29) is 11.5 Å². The lowest BCUT2D eigenvalue weighted by molar-refractivity contribution is -0.147. The summed E-state index contributed by atoms with van der Waals surface area (Å²) in [5.41, 5.74) is 6.41. The van der Waals surface area contributed by atoms with E-state index in [1.54, 1.807) is 24.7 Å². The summed E-state index contributed by atoms with van der Waals surface area (Å²) in [7, 11) is 1.86. The molecule has 204 valence electrons. The van der Waals surface area contributed by atoms with Gasteiger partial charge in [-0.15, -0.1) is 5.10 Å². The number of aryl methyl sites for hydroxylation is 3. The van der Waals surface area contributed by atoms with E-state index in [0.717, 1.165) is 56.8 Å². The third kappa shape index (κ3) is 5.01. The van der Waals surface area contributed by atoms with Crippen molar-refractivity contribution in [2.45, 2.75) is 66.2 Å². The van der Waals surface area contributed by atoms with Gasteiger partial charge in [-0.3, -0.25) is 14.7 Å². The summed E-state index contributed by atoms with van der Waals surface area (Å²) in [6.07, 6.45) is 1.80. The highest BCUT2D eigenvalue weighted by Gasteiger charge is 2.40. The standard InChI is InChI=1S/C31H37N5O3/c1-19-10-11-21(15-22(19)16-36-17-24-26(9-8-14-32-24)39-30(3,4)18-36)27(31(5,6)29(37)38)23-12-13-25-28(20(23)2)33-34-35(25)7/h8-15,27H,16-18H2,1-7H3,(H,37,38)/t27-/m0/s1. The van der Waals surface area contributed by atoms with Crippen LogP contribution in [0.2, 0.25) is 0 Å². The highest BCUT2D eigenvalue weighted by molar-refractivity contribution is 5.81. The van der Waals surface area contributed by atoms with Crippen LogP contribution in [0.15, 0.2) is 48.7 Å². The van der Waals surface area contributed by atoms with Crippen LogP contribution in [0.1, 0.15) is 67.1 Å². The molecule has 0 spiro atoms. The molecule has 2 aromatic heterocycles. The Bertz CT molecular complexity index is 1560. The van der Waals surface area contributed by atoms with Crippen molar-refractivity contribution < 1.29 is 14.6 Å². The number of aromatic nitrogens is 4. The molecule has 0 amide bonds. The molecule has 1 aliphatic heterocycles. The second-order valence-electron chi connectivity index (χ2n) is 12.0. The highest BCUT2D eigenvalue weighted by Crippen LogP contribution is 2.44. The van der Waals surface area contributed by atoms with Gasteiger partial charge in [0.25, 0.3) is 0 Å². The first kappa shape index (κ1) is 26.8. The molecule has 0 radical (unpaired) electrons. The SMILES string of the molecule is Cc1ccc([C@@H](c2ccc3c(nnn3C)c2C)C(C)(C)C(=O)O)cc1CN1Cc2ncccc2OC(C)(C)C1. The number of pyridine rings is 1. The van der Waals surface area contributed by atoms with Crippen LogP contribution in [0.4, 0.5) is 0 Å². The van der Waals surface area contributed by atoms with Crippen molar-refractivity contribution in [1.29, 1.82) is 0 Å². The maximum Gasteiger partial charge on any atom is 0.310 e. The molecule has 0 saturated heterocycles. The summed E-state index contributed by atoms with van der Waals surface area (Å²) in [5, 5.41) is 18.9. The number of fused-ring (bicyclic) bond motifs is 2. The van der Waals surface area contributed by atoms with Crippen LogP contribution < -0.4 is 4.74 Å². The van der Waals surface area contributed by atoms with Gasteiger partial charge in [-0.1, -0.05) is 29.5 Å². The summed E-state index contributed by atoms with van der Waals surface area (Å²) in [5.74, 6) is -0.400. The predicted octanol–water partition coefficient (Wildman–Crippen LogP) is 5.40. The molecule has 1 aliphatic rings. The third-order valence-corrected chi connectivity index (χ3v) is 7.98. The molecule has 2 aromatic carbocycles. The molecule has 5 rings (SSSR count). The summed E-state index contributed by atoms with van der Waals surface area (Å²) in [6.45, 7) is 14.0. The Morgan fingerprint density at radius 2 is 1.95 bits per heavy atom. The summed E-state index contributed by atoms with van der Waals surface area (Å²) >= 11 is 0. The maximum absolute atomic E-state index is 12.6. The lowest BCUT2D eigenvalue weighted by atomic mass is 9.69. The van der Waals surface area contributed by atoms with Crippen LogP contribution in [0.25, 0.3) is 11.0 Å². The van der Waals surface area contributed by atoms with E-state index in [4.69, 9.17) is 4.74 Å². The Balaban J connectivity index is 1.57. The molecule has 0 saturated carbocycles. The van der Waals surface area contributed by atoms with Gasteiger partial charge in [-0.25, -0.2) is 4.68 Å². The summed E-state index contributed by atoms with van der Waals surface area (Å²) in [6, 6.07) is 14.3. The number of carboxylic acid groups (broad SMARTS) is 1. The molecular weight excluding hydrogens is 490 g/mol. The smallest absolute Gasteiger partial charge is 0.310 e. The number of hydrogen-bond acceptors (Lipinski definition) is 6. The monoisotopic (exact) mass is 527 g/mol. The molecule has 0 bridgehead atoms. The average molecular weight is 528 g/mol. The van der Waals surface area contributed by atoms with E-state index in [1.165, 1.54) is 0 Å². The van der Waals surface area contributed by atoms with Crippen LogP contribution in [-0.2, 0) is 24.9 Å². The molecule has 39 heavy (non-hydrogen) atoms. The Morgan fingerprint density at radius 3 is 2.69 bits per heavy atom. The van der Waals surface area contributed by atoms with Gasteiger partial charge in [-0.05, 0) is 87.6 Å². The average Bonchev–Trinajstić information content (AvgIpc) is 3.18. The zero-order valence-electron chi connectivity index (χ0n) is 23.8. The number of rotatable bonds is 6. The maximum atomic E-state index is 12.6. The quantitative estimate of drug-likeness (QED) is 0.359. The van der Waals surface area contributed by atoms with Crippen LogP contribution in [0, 0.1) is 19.3 Å². The molecule has 8 nitrogen and oxygen atoms in total. The minimum Gasteiger partial charge on any atom is -0.485 e. The number of benzene rings is 2. The van der Waals surface area contributed by atoms with Gasteiger partial charge in [-0.2, -0.15) is 0 Å². The van der Waals surface area contributed by atoms with Crippen molar-refractivity contribution in [2.24, 2.45) is 12.5 Å². The number of carboxylic acids is 1. The van der Waals surface area contributed by atoms with Crippen LogP contribution in [0.5, 0.6) is 5.75 Å². The van der Waals surface area contributed by atoms with E-state index in [2.05, 4.69) is 59.2 Å². The number of carbonyl (C=O) groups is 1. The van der Waals surface area contributed by atoms with Crippen molar-refractivity contribution in [3.63, 3.8) is 0 Å². The molecule has 0 fully saturated rings. The Kier molecular flexibility index (Phi) is 6.71. The molecule has 8 heteroatoms. The molecule has 1 N–H and O–H groups in total. The molecular formula is C31H37N5O3. The fourth-order valence-corrected chi connectivity index (χ4v) is 5.84. The van der Waals surface area contributed by atoms with Gasteiger partial charge < -0.3 is 9.84 Å². The molecule has 0 unspecified atom stereocenters. The lowest BCUT2D eigenvalue weighted by Gasteiger charge is -2.33. The van der Waals surface area contributed by atoms with Crippen molar-refractivity contribution in [1.82, 2.24) is 24.9 Å². The van der Waals surface area contributed by atoms with Gasteiger partial charge in [0.2, 0.25) is 0 Å². The predicted molar refractivity (Wildman–Crippen MR) is 151 cm³/mol. The van der Waals surface area contributed by atoms with Gasteiger partial charge in [0.05, 0.1) is 16.6 Å². The van der Waals surface area contributed by atoms with Crippen LogP contribution in [-0.4, -0.2) is 48.1 Å². The van der Waals surface area contributed by atoms with Crippen molar-refractivity contribution in [3.05, 3.63) is 82.2 Å². The van der Waals surface area contributed by atoms with Gasteiger partial charge in [0.15, 0.2) is 0 Å². The summed E-state index contributed by atoms with van der Waals surface area (Å²) < 4.78 is 8.04. The van der Waals surface area contributed by atoms with Crippen LogP contribution in [0.3, 0.4) is 0 Å². The molecule has 3 heterocycles. The number of hydrogen-bond donors (Lipinski definition) is 1. The van der Waals surface area contributed by atoms with E-state index >= 15 is 0 Å². The largest absolute Gasteiger partial charge is 0.485 e. The number of aliphatic carboxylic acids is 1. The van der Waals surface area contributed by atoms with Crippen LogP contribution >= 0.6 is 0 Å². The van der Waals surface area contributed by atoms with Gasteiger partial charge in [0.1, 0.15) is 16.9 Å². The molecule has 1 atom stereocenters. The van der Waals surface area contributed by atoms with Crippen molar-refractivity contribution in [3.8, 4) is 5.75 Å². The lowest BCUT2D eigenvalue weighted by Crippen LogP contribution is -2.40. The second kappa shape index (κ2) is 9.75. The third-order valence-electron chi connectivity index (χ3n) is 7.98. The summed E-state index contributed by atoms with van der Waals surface area (Å²) in [4.78, 5) is 19.6. The Labute approximate surface area is 229 Å². The van der Waals surface area contributed by atoms with E-state index in [0.29, 0.717) is 13.1 Å². The topological polar surface area (TPSA) is 93.4 Å². The van der Waals surface area contributed by atoms with Crippen molar-refractivity contribution >= 4 is 17.0 Å². The minimum atomic E-state index is -1.06. The van der Waals surface area contributed by atoms with Gasteiger partial charge >= 0.3 is 5.97 Å². The fourth-order valence-electron chi connectivity index (χ4n) is 5.84. The first-order chi connectivity index (χ1) is 18.4. The van der Waals surface area contributed by atoms with E-state index < -0.39 is 11.4 Å². The van der Waals surface area contributed by atoms with E-state index in [1.807, 2.05) is 38.2 Å². The zero-order chi connectivity index (χ0) is 28.1. The number of ether oxygens (including phenoxy) is 1. The number of nitrogens with zero attached hydrogens (tertiary/aromatic N) is 5. The molecule has 4 aromatic rings. The van der Waals surface area contributed by atoms with E-state index in [9.17, 15) is 9.90 Å². The highest BCUT2D eigenvalue weighted by atomic mass is 16.5. The Hall–Kier alpha value is -3.78. The first-order valence-corrected chi connectivity index (χ1v) is 13.3. The zero-order valence-corrected chi connectivity index (χ0v) is 23.8.